The third-order valence-corrected chi connectivity index (χ3v) is 2.99. The number of ether oxygens (including phenoxy) is 4. The molecule has 6 heteroatoms. The molecule has 0 spiro atoms. The van der Waals surface area contributed by atoms with Crippen LogP contribution in [0.1, 0.15) is 13.8 Å². The summed E-state index contributed by atoms with van der Waals surface area (Å²) in [5.41, 5.74) is 0. The number of hydrogen-bond acceptors (Lipinski definition) is 6. The lowest BCUT2D eigenvalue weighted by Gasteiger charge is -2.27. The van der Waals surface area contributed by atoms with Crippen molar-refractivity contribution in [1.82, 2.24) is 0 Å². The Balaban J connectivity index is 1.89. The molecule has 0 saturated carbocycles. The van der Waals surface area contributed by atoms with Crippen LogP contribution in [0, 0.1) is 0 Å². The van der Waals surface area contributed by atoms with Crippen molar-refractivity contribution < 1.29 is 29.2 Å². The fraction of sp³-hybridized carbons (Fsp3) is 1.00. The predicted octanol–water partition coefficient (Wildman–Crippen LogP) is -1.06. The molecule has 0 unspecified atom stereocenters. The van der Waals surface area contributed by atoms with Crippen molar-refractivity contribution in [2.75, 3.05) is 6.61 Å². The van der Waals surface area contributed by atoms with E-state index in [4.69, 9.17) is 18.9 Å². The van der Waals surface area contributed by atoms with Gasteiger partial charge in [0, 0.05) is 0 Å². The Morgan fingerprint density at radius 2 is 1.93 bits per heavy atom. The molecular formula is C9H14O6. The van der Waals surface area contributed by atoms with Crippen molar-refractivity contribution in [2.45, 2.75) is 50.0 Å². The Hall–Kier alpha value is -0.240. The first kappa shape index (κ1) is 9.95. The molecule has 0 aliphatic carbocycles. The number of aliphatic hydroxyl groups is 2. The normalized spacial score (nSPS) is 56.8. The van der Waals surface area contributed by atoms with Crippen molar-refractivity contribution in [3.63, 3.8) is 0 Å². The molecule has 86 valence electrons. The van der Waals surface area contributed by atoms with Crippen LogP contribution >= 0.6 is 0 Å². The second kappa shape index (κ2) is 2.71. The van der Waals surface area contributed by atoms with E-state index in [0.717, 1.165) is 0 Å². The van der Waals surface area contributed by atoms with Gasteiger partial charge in [-0.2, -0.15) is 0 Å². The topological polar surface area (TPSA) is 77.4 Å². The minimum absolute atomic E-state index is 0.0498. The minimum atomic E-state index is -1.59. The maximum Gasteiger partial charge on any atom is 0.227 e. The predicted molar refractivity (Wildman–Crippen MR) is 45.6 cm³/mol. The summed E-state index contributed by atoms with van der Waals surface area (Å²) >= 11 is 0. The summed E-state index contributed by atoms with van der Waals surface area (Å²) < 4.78 is 21.5. The van der Waals surface area contributed by atoms with E-state index < -0.39 is 36.2 Å². The van der Waals surface area contributed by atoms with E-state index in [1.54, 1.807) is 13.8 Å². The summed E-state index contributed by atoms with van der Waals surface area (Å²) in [6, 6.07) is 0. The monoisotopic (exact) mass is 218 g/mol. The average Bonchev–Trinajstić information content (AvgIpc) is 2.65. The summed E-state index contributed by atoms with van der Waals surface area (Å²) in [6.07, 6.45) is -3.00. The van der Waals surface area contributed by atoms with E-state index in [2.05, 4.69) is 0 Å². The first-order valence-electron chi connectivity index (χ1n) is 4.98. The van der Waals surface area contributed by atoms with Gasteiger partial charge in [-0.15, -0.1) is 0 Å². The maximum atomic E-state index is 10.2. The van der Waals surface area contributed by atoms with Crippen LogP contribution in [-0.2, 0) is 18.9 Å². The quantitative estimate of drug-likeness (QED) is 0.540. The third-order valence-electron chi connectivity index (χ3n) is 2.99. The van der Waals surface area contributed by atoms with Crippen molar-refractivity contribution >= 4 is 0 Å². The summed E-state index contributed by atoms with van der Waals surface area (Å²) in [4.78, 5) is 0. The smallest absolute Gasteiger partial charge is 0.227 e. The fourth-order valence-electron chi connectivity index (χ4n) is 2.35. The van der Waals surface area contributed by atoms with Crippen molar-refractivity contribution in [2.24, 2.45) is 0 Å². The van der Waals surface area contributed by atoms with Gasteiger partial charge in [-0.05, 0) is 13.8 Å². The zero-order chi connectivity index (χ0) is 10.8. The van der Waals surface area contributed by atoms with Crippen LogP contribution in [0.25, 0.3) is 0 Å². The summed E-state index contributed by atoms with van der Waals surface area (Å²) in [7, 11) is 0. The first-order chi connectivity index (χ1) is 6.92. The lowest BCUT2D eigenvalue weighted by Crippen LogP contribution is -2.48. The molecule has 0 bridgehead atoms. The van der Waals surface area contributed by atoms with Crippen LogP contribution < -0.4 is 0 Å². The van der Waals surface area contributed by atoms with Gasteiger partial charge in [-0.1, -0.05) is 0 Å². The Kier molecular flexibility index (Phi) is 1.80. The highest BCUT2D eigenvalue weighted by Crippen LogP contribution is 2.47. The van der Waals surface area contributed by atoms with Gasteiger partial charge in [0.15, 0.2) is 18.2 Å². The lowest BCUT2D eigenvalue weighted by molar-refractivity contribution is -0.273. The van der Waals surface area contributed by atoms with E-state index in [0.29, 0.717) is 0 Å². The Morgan fingerprint density at radius 3 is 2.67 bits per heavy atom. The highest BCUT2D eigenvalue weighted by Gasteiger charge is 2.68. The molecule has 6 nitrogen and oxygen atoms in total. The number of fused-ring (bicyclic) bond motifs is 3. The fourth-order valence-corrected chi connectivity index (χ4v) is 2.35. The number of aliphatic hydroxyl groups excluding tert-OH is 1. The highest BCUT2D eigenvalue weighted by atomic mass is 16.9. The second-order valence-corrected chi connectivity index (χ2v) is 4.61. The number of hydrogen-bond donors (Lipinski definition) is 2. The van der Waals surface area contributed by atoms with Crippen molar-refractivity contribution in [3.05, 3.63) is 0 Å². The van der Waals surface area contributed by atoms with E-state index in [1.165, 1.54) is 0 Å². The number of rotatable bonds is 0. The molecule has 5 atom stereocenters. The molecule has 3 saturated heterocycles. The molecule has 3 aliphatic heterocycles. The SMILES string of the molecule is CC1(C)O[C@H]2O[C@@H]3[C@H](O)CO[C@]3(O)[C@H]2O1. The van der Waals surface area contributed by atoms with Crippen LogP contribution in [0.2, 0.25) is 0 Å². The van der Waals surface area contributed by atoms with Gasteiger partial charge in [-0.25, -0.2) is 0 Å². The zero-order valence-corrected chi connectivity index (χ0v) is 8.54. The second-order valence-electron chi connectivity index (χ2n) is 4.61. The van der Waals surface area contributed by atoms with Crippen LogP contribution in [0.5, 0.6) is 0 Å². The van der Waals surface area contributed by atoms with E-state index in [-0.39, 0.29) is 6.61 Å². The molecular weight excluding hydrogens is 204 g/mol. The van der Waals surface area contributed by atoms with E-state index in [9.17, 15) is 10.2 Å². The van der Waals surface area contributed by atoms with E-state index >= 15 is 0 Å². The third kappa shape index (κ3) is 1.20. The lowest BCUT2D eigenvalue weighted by atomic mass is 10.1. The largest absolute Gasteiger partial charge is 0.388 e. The molecule has 3 fully saturated rings. The van der Waals surface area contributed by atoms with Crippen LogP contribution in [-0.4, -0.2) is 53.0 Å². The Morgan fingerprint density at radius 1 is 1.20 bits per heavy atom. The zero-order valence-electron chi connectivity index (χ0n) is 8.54. The van der Waals surface area contributed by atoms with Gasteiger partial charge in [0.25, 0.3) is 0 Å². The minimum Gasteiger partial charge on any atom is -0.388 e. The van der Waals surface area contributed by atoms with Crippen molar-refractivity contribution in [3.8, 4) is 0 Å². The Bertz CT molecular complexity index is 292. The van der Waals surface area contributed by atoms with Gasteiger partial charge >= 0.3 is 0 Å². The van der Waals surface area contributed by atoms with E-state index in [1.807, 2.05) is 0 Å². The molecule has 0 aromatic heterocycles. The van der Waals surface area contributed by atoms with Gasteiger partial charge < -0.3 is 29.2 Å². The molecule has 3 heterocycles. The first-order valence-corrected chi connectivity index (χ1v) is 4.98. The standard InChI is InChI=1S/C9H14O6/c1-8(2)14-6-7(15-8)13-5-4(10)3-12-9(5,6)11/h4-7,10-11H,3H2,1-2H3/t4-,5-,6+,7-,9+/m1/s1. The molecule has 0 aromatic carbocycles. The molecule has 3 rings (SSSR count). The van der Waals surface area contributed by atoms with Crippen LogP contribution in [0.4, 0.5) is 0 Å². The highest BCUT2D eigenvalue weighted by molar-refractivity contribution is 5.05. The van der Waals surface area contributed by atoms with Crippen LogP contribution in [0.3, 0.4) is 0 Å². The maximum absolute atomic E-state index is 10.2. The molecule has 0 radical (unpaired) electrons. The molecule has 3 aliphatic rings. The molecule has 0 amide bonds. The molecule has 2 N–H and O–H groups in total. The van der Waals surface area contributed by atoms with Gasteiger partial charge in [0.05, 0.1) is 6.61 Å². The van der Waals surface area contributed by atoms with Gasteiger partial charge in [0.1, 0.15) is 12.2 Å². The van der Waals surface area contributed by atoms with Gasteiger partial charge in [0.2, 0.25) is 5.79 Å². The summed E-state index contributed by atoms with van der Waals surface area (Å²) in [5.74, 6) is -2.38. The molecule has 15 heavy (non-hydrogen) atoms. The Labute approximate surface area is 86.7 Å². The van der Waals surface area contributed by atoms with Crippen molar-refractivity contribution in [1.29, 1.82) is 0 Å². The summed E-state index contributed by atoms with van der Waals surface area (Å²) in [5, 5.41) is 19.7. The average molecular weight is 218 g/mol. The molecule has 0 aromatic rings. The van der Waals surface area contributed by atoms with Gasteiger partial charge in [-0.3, -0.25) is 0 Å². The van der Waals surface area contributed by atoms with Crippen LogP contribution in [0.15, 0.2) is 0 Å². The summed E-state index contributed by atoms with van der Waals surface area (Å²) in [6.45, 7) is 3.52.